The lowest BCUT2D eigenvalue weighted by Gasteiger charge is -2.10. The predicted molar refractivity (Wildman–Crippen MR) is 81.8 cm³/mol. The summed E-state index contributed by atoms with van der Waals surface area (Å²) >= 11 is 0. The molecule has 0 aliphatic rings. The summed E-state index contributed by atoms with van der Waals surface area (Å²) in [6.07, 6.45) is 2.15. The lowest BCUT2D eigenvalue weighted by Crippen LogP contribution is -2.33. The third kappa shape index (κ3) is 5.29. The SMILES string of the molecule is CCC(C)NC(=O)/C(C#N)=C\NCc1ccc(C(=O)O)cc1. The first-order valence-corrected chi connectivity index (χ1v) is 6.94. The summed E-state index contributed by atoms with van der Waals surface area (Å²) in [7, 11) is 0. The van der Waals surface area contributed by atoms with Gasteiger partial charge in [0.1, 0.15) is 11.6 Å². The van der Waals surface area contributed by atoms with E-state index in [2.05, 4.69) is 10.6 Å². The van der Waals surface area contributed by atoms with Gasteiger partial charge in [0.2, 0.25) is 0 Å². The molecular weight excluding hydrogens is 282 g/mol. The van der Waals surface area contributed by atoms with Crippen molar-refractivity contribution in [3.63, 3.8) is 0 Å². The molecule has 1 aromatic carbocycles. The third-order valence-electron chi connectivity index (χ3n) is 3.11. The lowest BCUT2D eigenvalue weighted by molar-refractivity contribution is -0.117. The summed E-state index contributed by atoms with van der Waals surface area (Å²) in [6, 6.07) is 8.22. The quantitative estimate of drug-likeness (QED) is 0.526. The Labute approximate surface area is 129 Å². The molecule has 6 nitrogen and oxygen atoms in total. The molecule has 0 saturated carbocycles. The van der Waals surface area contributed by atoms with E-state index in [1.165, 1.54) is 18.3 Å². The maximum atomic E-state index is 11.8. The maximum Gasteiger partial charge on any atom is 0.335 e. The predicted octanol–water partition coefficient (Wildman–Crippen LogP) is 1.80. The van der Waals surface area contributed by atoms with Gasteiger partial charge in [-0.15, -0.1) is 0 Å². The summed E-state index contributed by atoms with van der Waals surface area (Å²) in [6.45, 7) is 4.20. The molecule has 0 radical (unpaired) electrons. The Kier molecular flexibility index (Phi) is 6.64. The second kappa shape index (κ2) is 8.47. The zero-order chi connectivity index (χ0) is 16.5. The van der Waals surface area contributed by atoms with Gasteiger partial charge in [0.15, 0.2) is 0 Å². The van der Waals surface area contributed by atoms with E-state index in [9.17, 15) is 9.59 Å². The van der Waals surface area contributed by atoms with Crippen molar-refractivity contribution in [3.8, 4) is 6.07 Å². The monoisotopic (exact) mass is 301 g/mol. The Morgan fingerprint density at radius 2 is 2.00 bits per heavy atom. The molecule has 0 spiro atoms. The normalized spacial score (nSPS) is 12.1. The van der Waals surface area contributed by atoms with Crippen LogP contribution < -0.4 is 10.6 Å². The zero-order valence-electron chi connectivity index (χ0n) is 12.6. The van der Waals surface area contributed by atoms with Gasteiger partial charge < -0.3 is 15.7 Å². The molecule has 6 heteroatoms. The molecular formula is C16H19N3O3. The van der Waals surface area contributed by atoms with Crippen molar-refractivity contribution >= 4 is 11.9 Å². The number of rotatable bonds is 7. The molecule has 22 heavy (non-hydrogen) atoms. The van der Waals surface area contributed by atoms with Crippen LogP contribution in [0.1, 0.15) is 36.2 Å². The van der Waals surface area contributed by atoms with Crippen LogP contribution >= 0.6 is 0 Å². The van der Waals surface area contributed by atoms with Crippen LogP contribution in [0.15, 0.2) is 36.0 Å². The number of nitriles is 1. The molecule has 1 unspecified atom stereocenters. The second-order valence-electron chi connectivity index (χ2n) is 4.84. The van der Waals surface area contributed by atoms with Gasteiger partial charge in [-0.1, -0.05) is 19.1 Å². The fraction of sp³-hybridized carbons (Fsp3) is 0.312. The number of amides is 1. The molecule has 0 saturated heterocycles. The fourth-order valence-electron chi connectivity index (χ4n) is 1.59. The number of hydrogen-bond donors (Lipinski definition) is 3. The highest BCUT2D eigenvalue weighted by atomic mass is 16.4. The summed E-state index contributed by atoms with van der Waals surface area (Å²) in [4.78, 5) is 22.5. The van der Waals surface area contributed by atoms with Crippen LogP contribution in [0, 0.1) is 11.3 Å². The molecule has 0 heterocycles. The van der Waals surface area contributed by atoms with Crippen LogP contribution in [0.3, 0.4) is 0 Å². The number of aromatic carboxylic acids is 1. The largest absolute Gasteiger partial charge is 0.478 e. The van der Waals surface area contributed by atoms with Gasteiger partial charge in [-0.05, 0) is 31.0 Å². The molecule has 0 aromatic heterocycles. The maximum absolute atomic E-state index is 11.8. The molecule has 0 fully saturated rings. The summed E-state index contributed by atoms with van der Waals surface area (Å²) in [5.74, 6) is -1.39. The smallest absolute Gasteiger partial charge is 0.335 e. The van der Waals surface area contributed by atoms with Crippen molar-refractivity contribution in [2.24, 2.45) is 0 Å². The molecule has 0 aliphatic heterocycles. The van der Waals surface area contributed by atoms with E-state index in [1.807, 2.05) is 19.9 Å². The van der Waals surface area contributed by atoms with E-state index in [-0.39, 0.29) is 17.2 Å². The highest BCUT2D eigenvalue weighted by molar-refractivity contribution is 5.97. The Hall–Kier alpha value is -2.81. The van der Waals surface area contributed by atoms with Crippen LogP contribution in [-0.4, -0.2) is 23.0 Å². The van der Waals surface area contributed by atoms with E-state index in [1.54, 1.807) is 12.1 Å². The minimum atomic E-state index is -0.979. The average molecular weight is 301 g/mol. The summed E-state index contributed by atoms with van der Waals surface area (Å²) in [5.41, 5.74) is 1.06. The number of nitrogens with zero attached hydrogens (tertiary/aromatic N) is 1. The van der Waals surface area contributed by atoms with Crippen LogP contribution in [0.4, 0.5) is 0 Å². The van der Waals surface area contributed by atoms with Gasteiger partial charge in [0.25, 0.3) is 5.91 Å². The summed E-state index contributed by atoms with van der Waals surface area (Å²) in [5, 5.41) is 23.4. The van der Waals surface area contributed by atoms with Crippen molar-refractivity contribution in [1.29, 1.82) is 5.26 Å². The first-order chi connectivity index (χ1) is 10.5. The van der Waals surface area contributed by atoms with E-state index in [0.29, 0.717) is 6.54 Å². The molecule has 116 valence electrons. The average Bonchev–Trinajstić information content (AvgIpc) is 2.51. The van der Waals surface area contributed by atoms with Crippen molar-refractivity contribution < 1.29 is 14.7 Å². The molecule has 0 bridgehead atoms. The van der Waals surface area contributed by atoms with Gasteiger partial charge >= 0.3 is 5.97 Å². The van der Waals surface area contributed by atoms with Crippen molar-refractivity contribution in [2.75, 3.05) is 0 Å². The third-order valence-corrected chi connectivity index (χ3v) is 3.11. The highest BCUT2D eigenvalue weighted by Crippen LogP contribution is 2.04. The first-order valence-electron chi connectivity index (χ1n) is 6.94. The number of nitrogens with one attached hydrogen (secondary N) is 2. The van der Waals surface area contributed by atoms with Crippen LogP contribution in [0.25, 0.3) is 0 Å². The second-order valence-corrected chi connectivity index (χ2v) is 4.84. The fourth-order valence-corrected chi connectivity index (χ4v) is 1.59. The van der Waals surface area contributed by atoms with Crippen molar-refractivity contribution in [1.82, 2.24) is 10.6 Å². The minimum absolute atomic E-state index is 0.00227. The Morgan fingerprint density at radius 3 is 2.50 bits per heavy atom. The number of carboxylic acids is 1. The van der Waals surface area contributed by atoms with Crippen molar-refractivity contribution in [3.05, 3.63) is 47.2 Å². The van der Waals surface area contributed by atoms with E-state index < -0.39 is 11.9 Å². The van der Waals surface area contributed by atoms with Gasteiger partial charge in [-0.25, -0.2) is 4.79 Å². The van der Waals surface area contributed by atoms with Crippen LogP contribution in [-0.2, 0) is 11.3 Å². The summed E-state index contributed by atoms with van der Waals surface area (Å²) < 4.78 is 0. The molecule has 3 N–H and O–H groups in total. The van der Waals surface area contributed by atoms with E-state index in [4.69, 9.17) is 10.4 Å². The van der Waals surface area contributed by atoms with Crippen LogP contribution in [0.5, 0.6) is 0 Å². The lowest BCUT2D eigenvalue weighted by atomic mass is 10.1. The van der Waals surface area contributed by atoms with Crippen LogP contribution in [0.2, 0.25) is 0 Å². The van der Waals surface area contributed by atoms with Gasteiger partial charge in [0, 0.05) is 18.8 Å². The standard InChI is InChI=1S/C16H19N3O3/c1-3-11(2)19-15(20)14(8-17)10-18-9-12-4-6-13(7-5-12)16(21)22/h4-7,10-11,18H,3,9H2,1-2H3,(H,19,20)(H,21,22)/b14-10-. The Balaban J connectivity index is 2.60. The topological polar surface area (TPSA) is 102 Å². The van der Waals surface area contributed by atoms with E-state index >= 15 is 0 Å². The number of carbonyl (C=O) groups excluding carboxylic acids is 1. The zero-order valence-corrected chi connectivity index (χ0v) is 12.6. The Bertz CT molecular complexity index is 600. The van der Waals surface area contributed by atoms with Gasteiger partial charge in [0.05, 0.1) is 5.56 Å². The molecule has 1 amide bonds. The first kappa shape index (κ1) is 17.2. The highest BCUT2D eigenvalue weighted by Gasteiger charge is 2.10. The van der Waals surface area contributed by atoms with Crippen molar-refractivity contribution in [2.45, 2.75) is 32.9 Å². The number of benzene rings is 1. The number of carboxylic acid groups (broad SMARTS) is 1. The number of hydrogen-bond acceptors (Lipinski definition) is 4. The molecule has 0 aliphatic carbocycles. The molecule has 1 aromatic rings. The van der Waals surface area contributed by atoms with Gasteiger partial charge in [-0.3, -0.25) is 4.79 Å². The molecule has 1 rings (SSSR count). The number of carbonyl (C=O) groups is 2. The molecule has 1 atom stereocenters. The Morgan fingerprint density at radius 1 is 1.36 bits per heavy atom. The van der Waals surface area contributed by atoms with E-state index in [0.717, 1.165) is 12.0 Å². The minimum Gasteiger partial charge on any atom is -0.478 e. The van der Waals surface area contributed by atoms with Gasteiger partial charge in [-0.2, -0.15) is 5.26 Å².